The predicted molar refractivity (Wildman–Crippen MR) is 152 cm³/mol. The number of hydrogen-bond acceptors (Lipinski definition) is 8. The predicted octanol–water partition coefficient (Wildman–Crippen LogP) is 5.64. The van der Waals surface area contributed by atoms with E-state index in [0.717, 1.165) is 22.9 Å². The SMILES string of the molecule is COc1cc(/C=C2\SC(=S)N(c3cccc([N+](=O)[O-])c3)C2=O)ccc1OCC(=O)Nc1ccc(C)c(C)c1. The number of nitrogens with zero attached hydrogens (tertiary/aromatic N) is 2. The summed E-state index contributed by atoms with van der Waals surface area (Å²) in [6.45, 7) is 3.75. The standard InChI is InChI=1S/C27H23N3O6S2/c1-16-7-9-19(11-17(16)2)28-25(31)15-36-22-10-8-18(12-23(22)35-3)13-24-26(32)29(27(37)38-24)20-5-4-6-21(14-20)30(33)34/h4-14H,15H2,1-3H3,(H,28,31)/b24-13-. The van der Waals surface area contributed by atoms with E-state index in [1.807, 2.05) is 32.0 Å². The molecule has 0 radical (unpaired) electrons. The fourth-order valence-corrected chi connectivity index (χ4v) is 4.94. The summed E-state index contributed by atoms with van der Waals surface area (Å²) in [6, 6.07) is 16.4. The van der Waals surface area contributed by atoms with Crippen LogP contribution in [0.2, 0.25) is 0 Å². The number of nitro groups is 1. The minimum atomic E-state index is -0.528. The molecule has 0 atom stereocenters. The van der Waals surface area contributed by atoms with Crippen molar-refractivity contribution in [2.75, 3.05) is 23.9 Å². The summed E-state index contributed by atoms with van der Waals surface area (Å²) in [5.74, 6) is 0.0444. The second-order valence-electron chi connectivity index (χ2n) is 8.34. The number of rotatable bonds is 8. The zero-order valence-electron chi connectivity index (χ0n) is 20.7. The summed E-state index contributed by atoms with van der Waals surface area (Å²) >= 11 is 6.46. The third-order valence-corrected chi connectivity index (χ3v) is 7.03. The van der Waals surface area contributed by atoms with E-state index in [-0.39, 0.29) is 28.4 Å². The lowest BCUT2D eigenvalue weighted by Gasteiger charge is -2.14. The number of anilines is 2. The zero-order chi connectivity index (χ0) is 27.4. The Morgan fingerprint density at radius 2 is 1.89 bits per heavy atom. The summed E-state index contributed by atoms with van der Waals surface area (Å²) in [6.07, 6.45) is 1.65. The molecule has 1 heterocycles. The highest BCUT2D eigenvalue weighted by atomic mass is 32.2. The largest absolute Gasteiger partial charge is 0.493 e. The van der Waals surface area contributed by atoms with E-state index in [1.54, 1.807) is 30.3 Å². The number of hydrogen-bond donors (Lipinski definition) is 1. The molecular formula is C27H23N3O6S2. The van der Waals surface area contributed by atoms with Crippen LogP contribution >= 0.6 is 24.0 Å². The molecule has 9 nitrogen and oxygen atoms in total. The van der Waals surface area contributed by atoms with E-state index in [4.69, 9.17) is 21.7 Å². The summed E-state index contributed by atoms with van der Waals surface area (Å²) in [5.41, 5.74) is 3.73. The van der Waals surface area contributed by atoms with Crippen molar-refractivity contribution in [3.8, 4) is 11.5 Å². The Morgan fingerprint density at radius 3 is 2.61 bits per heavy atom. The first-order chi connectivity index (χ1) is 18.2. The molecule has 1 aliphatic rings. The van der Waals surface area contributed by atoms with Crippen molar-refractivity contribution in [3.63, 3.8) is 0 Å². The Morgan fingerprint density at radius 1 is 1.11 bits per heavy atom. The maximum Gasteiger partial charge on any atom is 0.271 e. The number of nitro benzene ring substituents is 1. The number of thiocarbonyl (C=S) groups is 1. The fourth-order valence-electron chi connectivity index (χ4n) is 3.64. The van der Waals surface area contributed by atoms with Crippen molar-refractivity contribution >= 4 is 63.3 Å². The topological polar surface area (TPSA) is 111 Å². The molecule has 194 valence electrons. The van der Waals surface area contributed by atoms with Crippen molar-refractivity contribution in [3.05, 3.63) is 92.4 Å². The van der Waals surface area contributed by atoms with Gasteiger partial charge in [0, 0.05) is 17.8 Å². The normalized spacial score (nSPS) is 14.1. The van der Waals surface area contributed by atoms with Crippen LogP contribution in [-0.4, -0.2) is 34.8 Å². The number of non-ortho nitro benzene ring substituents is 1. The lowest BCUT2D eigenvalue weighted by atomic mass is 10.1. The van der Waals surface area contributed by atoms with Gasteiger partial charge in [0.2, 0.25) is 0 Å². The Bertz CT molecular complexity index is 1490. The van der Waals surface area contributed by atoms with Gasteiger partial charge in [0.25, 0.3) is 17.5 Å². The lowest BCUT2D eigenvalue weighted by molar-refractivity contribution is -0.384. The zero-order valence-corrected chi connectivity index (χ0v) is 22.4. The van der Waals surface area contributed by atoms with Crippen molar-refractivity contribution in [1.82, 2.24) is 0 Å². The Balaban J connectivity index is 1.46. The van der Waals surface area contributed by atoms with E-state index in [2.05, 4.69) is 5.32 Å². The molecule has 0 unspecified atom stereocenters. The van der Waals surface area contributed by atoms with Gasteiger partial charge in [0.15, 0.2) is 22.4 Å². The molecular weight excluding hydrogens is 526 g/mol. The maximum absolute atomic E-state index is 13.1. The van der Waals surface area contributed by atoms with E-state index in [0.29, 0.717) is 33.3 Å². The smallest absolute Gasteiger partial charge is 0.271 e. The number of ether oxygens (including phenoxy) is 2. The van der Waals surface area contributed by atoms with Gasteiger partial charge in [-0.05, 0) is 66.9 Å². The van der Waals surface area contributed by atoms with Crippen molar-refractivity contribution in [1.29, 1.82) is 0 Å². The first-order valence-corrected chi connectivity index (χ1v) is 12.6. The molecule has 0 bridgehead atoms. The number of nitrogens with one attached hydrogen (secondary N) is 1. The highest BCUT2D eigenvalue weighted by Gasteiger charge is 2.34. The first-order valence-electron chi connectivity index (χ1n) is 11.4. The third-order valence-electron chi connectivity index (χ3n) is 5.73. The molecule has 4 rings (SSSR count). The quantitative estimate of drug-likeness (QED) is 0.166. The molecule has 2 amide bonds. The second kappa shape index (κ2) is 11.4. The van der Waals surface area contributed by atoms with Gasteiger partial charge >= 0.3 is 0 Å². The highest BCUT2D eigenvalue weighted by molar-refractivity contribution is 8.27. The monoisotopic (exact) mass is 549 g/mol. The lowest BCUT2D eigenvalue weighted by Crippen LogP contribution is -2.27. The molecule has 1 fully saturated rings. The third kappa shape index (κ3) is 6.01. The first kappa shape index (κ1) is 26.8. The summed E-state index contributed by atoms with van der Waals surface area (Å²) in [4.78, 5) is 37.7. The Kier molecular flexibility index (Phi) is 8.08. The van der Waals surface area contributed by atoms with Crippen molar-refractivity contribution < 1.29 is 24.0 Å². The summed E-state index contributed by atoms with van der Waals surface area (Å²) in [7, 11) is 1.48. The number of amides is 2. The molecule has 0 aromatic heterocycles. The van der Waals surface area contributed by atoms with Gasteiger partial charge in [0.05, 0.1) is 22.6 Å². The molecule has 38 heavy (non-hydrogen) atoms. The van der Waals surface area contributed by atoms with Crippen LogP contribution in [0.15, 0.2) is 65.6 Å². The fraction of sp³-hybridized carbons (Fsp3) is 0.148. The van der Waals surface area contributed by atoms with Crippen molar-refractivity contribution in [2.45, 2.75) is 13.8 Å². The molecule has 1 saturated heterocycles. The van der Waals surface area contributed by atoms with E-state index in [1.165, 1.54) is 30.2 Å². The Labute approximate surface area is 228 Å². The van der Waals surface area contributed by atoms with Gasteiger partial charge in [-0.25, -0.2) is 0 Å². The molecule has 3 aromatic rings. The molecule has 1 aliphatic heterocycles. The Hall–Kier alpha value is -4.22. The van der Waals surface area contributed by atoms with Gasteiger partial charge in [-0.15, -0.1) is 0 Å². The average Bonchev–Trinajstić information content (AvgIpc) is 3.17. The molecule has 3 aromatic carbocycles. The number of aryl methyl sites for hydroxylation is 2. The summed E-state index contributed by atoms with van der Waals surface area (Å²) in [5, 5.41) is 13.9. The van der Waals surface area contributed by atoms with Crippen LogP contribution in [0, 0.1) is 24.0 Å². The van der Waals surface area contributed by atoms with Crippen molar-refractivity contribution in [2.24, 2.45) is 0 Å². The van der Waals surface area contributed by atoms with E-state index >= 15 is 0 Å². The van der Waals surface area contributed by atoms with Gasteiger partial charge in [-0.3, -0.25) is 24.6 Å². The number of carbonyl (C=O) groups excluding carboxylic acids is 2. The number of carbonyl (C=O) groups is 2. The van der Waals surface area contributed by atoms with Gasteiger partial charge in [-0.2, -0.15) is 0 Å². The van der Waals surface area contributed by atoms with Gasteiger partial charge < -0.3 is 14.8 Å². The van der Waals surface area contributed by atoms with E-state index in [9.17, 15) is 19.7 Å². The van der Waals surface area contributed by atoms with E-state index < -0.39 is 4.92 Å². The minimum Gasteiger partial charge on any atom is -0.493 e. The molecule has 0 saturated carbocycles. The van der Waals surface area contributed by atoms with Gasteiger partial charge in [0.1, 0.15) is 0 Å². The molecule has 1 N–H and O–H groups in total. The molecule has 0 spiro atoms. The molecule has 11 heteroatoms. The number of methoxy groups -OCH3 is 1. The second-order valence-corrected chi connectivity index (χ2v) is 10.0. The van der Waals surface area contributed by atoms with Crippen LogP contribution in [0.5, 0.6) is 11.5 Å². The number of benzene rings is 3. The highest BCUT2D eigenvalue weighted by Crippen LogP contribution is 2.38. The van der Waals surface area contributed by atoms with Crippen LogP contribution in [0.3, 0.4) is 0 Å². The maximum atomic E-state index is 13.1. The van der Waals surface area contributed by atoms with Crippen LogP contribution in [0.1, 0.15) is 16.7 Å². The minimum absolute atomic E-state index is 0.136. The molecule has 0 aliphatic carbocycles. The number of thioether (sulfide) groups is 1. The average molecular weight is 550 g/mol. The van der Waals surface area contributed by atoms with Gasteiger partial charge in [-0.1, -0.05) is 42.2 Å². The van der Waals surface area contributed by atoms with Crippen LogP contribution in [-0.2, 0) is 9.59 Å². The van der Waals surface area contributed by atoms with Crippen LogP contribution in [0.25, 0.3) is 6.08 Å². The summed E-state index contributed by atoms with van der Waals surface area (Å²) < 4.78 is 11.4. The van der Waals surface area contributed by atoms with Crippen LogP contribution < -0.4 is 19.7 Å². The van der Waals surface area contributed by atoms with Crippen LogP contribution in [0.4, 0.5) is 17.1 Å².